The van der Waals surface area contributed by atoms with Crippen molar-refractivity contribution in [1.82, 2.24) is 5.43 Å². The summed E-state index contributed by atoms with van der Waals surface area (Å²) in [6, 6.07) is 7.28. The van der Waals surface area contributed by atoms with E-state index in [1.807, 2.05) is 31.2 Å². The molecule has 0 spiro atoms. The molecule has 16 heavy (non-hydrogen) atoms. The summed E-state index contributed by atoms with van der Waals surface area (Å²) in [6.45, 7) is 3.63. The van der Waals surface area contributed by atoms with Crippen LogP contribution in [0.4, 0.5) is 0 Å². The van der Waals surface area contributed by atoms with Crippen molar-refractivity contribution in [2.45, 2.75) is 25.1 Å². The van der Waals surface area contributed by atoms with Gasteiger partial charge in [-0.25, -0.2) is 8.42 Å². The van der Waals surface area contributed by atoms with E-state index >= 15 is 0 Å². The van der Waals surface area contributed by atoms with Crippen molar-refractivity contribution >= 4 is 9.84 Å². The fraction of sp³-hybridized carbons (Fsp3) is 0.455. The second-order valence-electron chi connectivity index (χ2n) is 4.09. The molecule has 4 nitrogen and oxygen atoms in total. The largest absolute Gasteiger partial charge is 0.271 e. The van der Waals surface area contributed by atoms with E-state index in [4.69, 9.17) is 5.84 Å². The monoisotopic (exact) mass is 242 g/mol. The minimum atomic E-state index is -3.11. The van der Waals surface area contributed by atoms with E-state index in [1.54, 1.807) is 6.92 Å². The summed E-state index contributed by atoms with van der Waals surface area (Å²) >= 11 is 0. The average Bonchev–Trinajstić information content (AvgIpc) is 2.20. The van der Waals surface area contributed by atoms with Crippen LogP contribution in [0.5, 0.6) is 0 Å². The summed E-state index contributed by atoms with van der Waals surface area (Å²) in [7, 11) is -3.11. The molecule has 0 aliphatic rings. The maximum atomic E-state index is 11.5. The average molecular weight is 242 g/mol. The minimum Gasteiger partial charge on any atom is -0.271 e. The highest BCUT2D eigenvalue weighted by Crippen LogP contribution is 2.21. The number of nitrogens with two attached hydrogens (primary N) is 1. The van der Waals surface area contributed by atoms with Gasteiger partial charge in [0.25, 0.3) is 0 Å². The Hall–Kier alpha value is -0.910. The lowest BCUT2D eigenvalue weighted by atomic mass is 10.0. The van der Waals surface area contributed by atoms with E-state index in [0.717, 1.165) is 11.1 Å². The quantitative estimate of drug-likeness (QED) is 0.608. The van der Waals surface area contributed by atoms with Gasteiger partial charge in [0, 0.05) is 6.26 Å². The van der Waals surface area contributed by atoms with Crippen LogP contribution in [0.3, 0.4) is 0 Å². The summed E-state index contributed by atoms with van der Waals surface area (Å²) in [5.41, 5.74) is 4.58. The zero-order chi connectivity index (χ0) is 12.3. The topological polar surface area (TPSA) is 72.2 Å². The fourth-order valence-electron chi connectivity index (χ4n) is 1.52. The molecule has 0 saturated heterocycles. The summed E-state index contributed by atoms with van der Waals surface area (Å²) in [4.78, 5) is 0. The molecular formula is C11H18N2O2S. The van der Waals surface area contributed by atoms with Gasteiger partial charge < -0.3 is 0 Å². The smallest absolute Gasteiger partial charge is 0.151 e. The second kappa shape index (κ2) is 4.95. The molecule has 2 unspecified atom stereocenters. The molecule has 0 saturated carbocycles. The molecule has 0 heterocycles. The van der Waals surface area contributed by atoms with Gasteiger partial charge >= 0.3 is 0 Å². The van der Waals surface area contributed by atoms with Crippen LogP contribution in [0.15, 0.2) is 24.3 Å². The Morgan fingerprint density at radius 1 is 1.25 bits per heavy atom. The molecule has 0 aliphatic carbocycles. The highest BCUT2D eigenvalue weighted by molar-refractivity contribution is 7.91. The van der Waals surface area contributed by atoms with Crippen LogP contribution >= 0.6 is 0 Å². The molecule has 0 radical (unpaired) electrons. The molecule has 1 aromatic rings. The van der Waals surface area contributed by atoms with E-state index in [2.05, 4.69) is 5.43 Å². The molecule has 5 heteroatoms. The molecule has 3 N–H and O–H groups in total. The highest BCUT2D eigenvalue weighted by Gasteiger charge is 2.26. The molecule has 0 aromatic heterocycles. The van der Waals surface area contributed by atoms with Crippen molar-refractivity contribution < 1.29 is 8.42 Å². The predicted octanol–water partition coefficient (Wildman–Crippen LogP) is 0.933. The third kappa shape index (κ3) is 3.04. The number of nitrogens with one attached hydrogen (secondary N) is 1. The highest BCUT2D eigenvalue weighted by atomic mass is 32.2. The zero-order valence-corrected chi connectivity index (χ0v) is 10.6. The van der Waals surface area contributed by atoms with E-state index in [0.29, 0.717) is 0 Å². The SMILES string of the molecule is Cc1ccc(C(NN)C(C)S(C)(=O)=O)cc1. The summed E-state index contributed by atoms with van der Waals surface area (Å²) in [5, 5.41) is -0.555. The molecule has 1 rings (SSSR count). The van der Waals surface area contributed by atoms with Gasteiger partial charge in [0.05, 0.1) is 11.3 Å². The number of hydrogen-bond donors (Lipinski definition) is 2. The van der Waals surface area contributed by atoms with Crippen LogP contribution in [-0.2, 0) is 9.84 Å². The van der Waals surface area contributed by atoms with Gasteiger partial charge in [-0.15, -0.1) is 0 Å². The van der Waals surface area contributed by atoms with Crippen LogP contribution in [0.2, 0.25) is 0 Å². The molecule has 0 amide bonds. The van der Waals surface area contributed by atoms with E-state index in [9.17, 15) is 8.42 Å². The molecule has 2 atom stereocenters. The third-order valence-electron chi connectivity index (χ3n) is 2.76. The van der Waals surface area contributed by atoms with Crippen LogP contribution in [0.25, 0.3) is 0 Å². The predicted molar refractivity (Wildman–Crippen MR) is 65.5 cm³/mol. The lowest BCUT2D eigenvalue weighted by Gasteiger charge is -2.22. The zero-order valence-electron chi connectivity index (χ0n) is 9.77. The van der Waals surface area contributed by atoms with Crippen molar-refractivity contribution in [1.29, 1.82) is 0 Å². The van der Waals surface area contributed by atoms with Crippen molar-refractivity contribution in [2.75, 3.05) is 6.26 Å². The van der Waals surface area contributed by atoms with Crippen molar-refractivity contribution in [2.24, 2.45) is 5.84 Å². The van der Waals surface area contributed by atoms with Crippen LogP contribution in [0.1, 0.15) is 24.1 Å². The Balaban J connectivity index is 3.03. The lowest BCUT2D eigenvalue weighted by molar-refractivity contribution is 0.513. The van der Waals surface area contributed by atoms with Gasteiger partial charge in [0.1, 0.15) is 0 Å². The number of aryl methyl sites for hydroxylation is 1. The maximum Gasteiger partial charge on any atom is 0.151 e. The van der Waals surface area contributed by atoms with E-state index < -0.39 is 15.1 Å². The second-order valence-corrected chi connectivity index (χ2v) is 6.49. The Morgan fingerprint density at radius 2 is 1.75 bits per heavy atom. The van der Waals surface area contributed by atoms with Crippen molar-refractivity contribution in [3.05, 3.63) is 35.4 Å². The van der Waals surface area contributed by atoms with Gasteiger partial charge in [-0.1, -0.05) is 29.8 Å². The number of rotatable bonds is 4. The normalized spacial score (nSPS) is 15.8. The van der Waals surface area contributed by atoms with Crippen LogP contribution in [0, 0.1) is 6.92 Å². The van der Waals surface area contributed by atoms with E-state index in [-0.39, 0.29) is 6.04 Å². The Morgan fingerprint density at radius 3 is 2.12 bits per heavy atom. The third-order valence-corrected chi connectivity index (χ3v) is 4.38. The first-order valence-corrected chi connectivity index (χ1v) is 7.03. The molecular weight excluding hydrogens is 224 g/mol. The molecule has 90 valence electrons. The lowest BCUT2D eigenvalue weighted by Crippen LogP contribution is -2.38. The maximum absolute atomic E-state index is 11.5. The molecule has 0 fully saturated rings. The van der Waals surface area contributed by atoms with Gasteiger partial charge in [-0.2, -0.15) is 0 Å². The van der Waals surface area contributed by atoms with Crippen LogP contribution in [-0.4, -0.2) is 19.9 Å². The van der Waals surface area contributed by atoms with Gasteiger partial charge in [-0.3, -0.25) is 11.3 Å². The first-order chi connectivity index (χ1) is 7.36. The van der Waals surface area contributed by atoms with Gasteiger partial charge in [0.2, 0.25) is 0 Å². The van der Waals surface area contributed by atoms with E-state index in [1.165, 1.54) is 6.26 Å². The Bertz CT molecular complexity index is 440. The van der Waals surface area contributed by atoms with Crippen molar-refractivity contribution in [3.63, 3.8) is 0 Å². The van der Waals surface area contributed by atoms with Gasteiger partial charge in [0.15, 0.2) is 9.84 Å². The summed E-state index contributed by atoms with van der Waals surface area (Å²) in [5.74, 6) is 5.43. The van der Waals surface area contributed by atoms with Crippen molar-refractivity contribution in [3.8, 4) is 0 Å². The number of hydrogen-bond acceptors (Lipinski definition) is 4. The fourth-order valence-corrected chi connectivity index (χ4v) is 2.25. The van der Waals surface area contributed by atoms with Crippen LogP contribution < -0.4 is 11.3 Å². The number of hydrazine groups is 1. The standard InChI is InChI=1S/C11H18N2O2S/c1-8-4-6-10(7-5-8)11(13-12)9(2)16(3,14)15/h4-7,9,11,13H,12H2,1-3H3. The summed E-state index contributed by atoms with van der Waals surface area (Å²) < 4.78 is 23.0. The number of benzene rings is 1. The molecule has 0 bridgehead atoms. The molecule has 0 aliphatic heterocycles. The first-order valence-electron chi connectivity index (χ1n) is 5.08. The summed E-state index contributed by atoms with van der Waals surface area (Å²) in [6.07, 6.45) is 1.22. The first kappa shape index (κ1) is 13.2. The van der Waals surface area contributed by atoms with Gasteiger partial charge in [-0.05, 0) is 19.4 Å². The molecule has 1 aromatic carbocycles. The number of sulfone groups is 1. The Kier molecular flexibility index (Phi) is 4.07. The minimum absolute atomic E-state index is 0.379. The Labute approximate surface area is 96.7 Å².